The van der Waals surface area contributed by atoms with Crippen LogP contribution in [0.2, 0.25) is 0 Å². The highest BCUT2D eigenvalue weighted by Crippen LogP contribution is 2.30. The lowest BCUT2D eigenvalue weighted by molar-refractivity contribution is -0.119. The van der Waals surface area contributed by atoms with Crippen molar-refractivity contribution in [2.24, 2.45) is 11.0 Å². The molecule has 2 heterocycles. The van der Waals surface area contributed by atoms with Crippen molar-refractivity contribution in [1.82, 2.24) is 9.97 Å². The summed E-state index contributed by atoms with van der Waals surface area (Å²) in [5, 5.41) is 5.93. The highest BCUT2D eigenvalue weighted by atomic mass is 16.2. The van der Waals surface area contributed by atoms with Crippen LogP contribution >= 0.6 is 0 Å². The Labute approximate surface area is 106 Å². The zero-order chi connectivity index (χ0) is 12.5. The molecule has 1 saturated carbocycles. The zero-order valence-corrected chi connectivity index (χ0v) is 10.5. The van der Waals surface area contributed by atoms with Gasteiger partial charge >= 0.3 is 0 Å². The van der Waals surface area contributed by atoms with E-state index in [0.29, 0.717) is 5.82 Å². The number of carbonyl (C=O) groups excluding carboxylic acids is 1. The lowest BCUT2D eigenvalue weighted by Crippen LogP contribution is -2.27. The summed E-state index contributed by atoms with van der Waals surface area (Å²) in [7, 11) is 0. The molecule has 18 heavy (non-hydrogen) atoms. The molecule has 5 heteroatoms. The number of amides is 1. The third kappa shape index (κ3) is 1.89. The van der Waals surface area contributed by atoms with Crippen LogP contribution in [0.1, 0.15) is 37.8 Å². The molecule has 5 nitrogen and oxygen atoms in total. The molecule has 1 aliphatic carbocycles. The number of rotatable bonds is 1. The molecule has 0 bridgehead atoms. The molecule has 0 N–H and O–H groups in total. The van der Waals surface area contributed by atoms with Gasteiger partial charge in [-0.3, -0.25) is 4.79 Å². The molecule has 1 aromatic rings. The molecule has 0 saturated heterocycles. The normalized spacial score (nSPS) is 23.6. The van der Waals surface area contributed by atoms with Crippen molar-refractivity contribution in [2.75, 3.05) is 5.01 Å². The fraction of sp³-hybridized carbons (Fsp3) is 0.538. The van der Waals surface area contributed by atoms with Gasteiger partial charge in [0.15, 0.2) is 5.82 Å². The Morgan fingerprint density at radius 1 is 1.28 bits per heavy atom. The number of aromatic nitrogens is 2. The topological polar surface area (TPSA) is 58.5 Å². The Bertz CT molecular complexity index is 511. The zero-order valence-electron chi connectivity index (χ0n) is 10.5. The first-order valence-corrected chi connectivity index (χ1v) is 6.46. The van der Waals surface area contributed by atoms with E-state index in [9.17, 15) is 4.79 Å². The molecule has 0 aromatic carbocycles. The van der Waals surface area contributed by atoms with Gasteiger partial charge in [-0.25, -0.2) is 9.97 Å². The Balaban J connectivity index is 1.93. The van der Waals surface area contributed by atoms with Crippen molar-refractivity contribution in [3.05, 3.63) is 18.1 Å². The Morgan fingerprint density at radius 3 is 3.00 bits per heavy atom. The summed E-state index contributed by atoms with van der Waals surface area (Å²) in [6.07, 6.45) is 6.81. The van der Waals surface area contributed by atoms with Gasteiger partial charge in [-0.15, -0.1) is 0 Å². The van der Waals surface area contributed by atoms with Crippen LogP contribution < -0.4 is 5.01 Å². The summed E-state index contributed by atoms with van der Waals surface area (Å²) in [5.74, 6) is 0.654. The van der Waals surface area contributed by atoms with Gasteiger partial charge in [0.05, 0.1) is 11.6 Å². The van der Waals surface area contributed by atoms with Crippen molar-refractivity contribution < 1.29 is 4.79 Å². The molecule has 94 valence electrons. The van der Waals surface area contributed by atoms with Crippen molar-refractivity contribution in [3.63, 3.8) is 0 Å². The second kappa shape index (κ2) is 4.48. The number of hydrogen-bond donors (Lipinski definition) is 0. The largest absolute Gasteiger partial charge is 0.272 e. The third-order valence-electron chi connectivity index (χ3n) is 3.57. The smallest absolute Gasteiger partial charge is 0.257 e. The minimum Gasteiger partial charge on any atom is -0.272 e. The monoisotopic (exact) mass is 244 g/mol. The molecule has 0 spiro atoms. The van der Waals surface area contributed by atoms with Gasteiger partial charge in [0.25, 0.3) is 5.91 Å². The summed E-state index contributed by atoms with van der Waals surface area (Å²) in [6.45, 7) is 1.89. The molecule has 0 radical (unpaired) electrons. The van der Waals surface area contributed by atoms with Crippen molar-refractivity contribution in [2.45, 2.75) is 39.0 Å². The van der Waals surface area contributed by atoms with Crippen LogP contribution in [-0.2, 0) is 4.79 Å². The lowest BCUT2D eigenvalue weighted by Gasteiger charge is -2.12. The van der Waals surface area contributed by atoms with E-state index < -0.39 is 0 Å². The average molecular weight is 244 g/mol. The number of anilines is 1. The van der Waals surface area contributed by atoms with Gasteiger partial charge in [0.2, 0.25) is 0 Å². The first-order chi connectivity index (χ1) is 8.75. The summed E-state index contributed by atoms with van der Waals surface area (Å²) in [4.78, 5) is 20.5. The van der Waals surface area contributed by atoms with E-state index in [0.717, 1.165) is 37.1 Å². The maximum absolute atomic E-state index is 12.4. The predicted octanol–water partition coefficient (Wildman–Crippen LogP) is 2.07. The van der Waals surface area contributed by atoms with Crippen molar-refractivity contribution in [1.29, 1.82) is 0 Å². The number of hydrazone groups is 1. The molecule has 1 fully saturated rings. The van der Waals surface area contributed by atoms with Crippen LogP contribution in [0.4, 0.5) is 5.82 Å². The number of fused-ring (bicyclic) bond motifs is 1. The van der Waals surface area contributed by atoms with Crippen molar-refractivity contribution >= 4 is 17.4 Å². The number of carbonyl (C=O) groups is 1. The van der Waals surface area contributed by atoms with Crippen molar-refractivity contribution in [3.8, 4) is 0 Å². The molecule has 1 atom stereocenters. The molecule has 1 aromatic heterocycles. The SMILES string of the molecule is Cc1cc(N2N=C3CCCCCC3C2=O)ncn1. The highest BCUT2D eigenvalue weighted by Gasteiger charge is 2.37. The molecule has 2 aliphatic rings. The van der Waals surface area contributed by atoms with Gasteiger partial charge in [-0.1, -0.05) is 12.8 Å². The highest BCUT2D eigenvalue weighted by molar-refractivity contribution is 6.15. The summed E-state index contributed by atoms with van der Waals surface area (Å²) >= 11 is 0. The average Bonchev–Trinajstić information content (AvgIpc) is 2.55. The van der Waals surface area contributed by atoms with Crippen LogP contribution in [-0.4, -0.2) is 21.6 Å². The molecule has 1 aliphatic heterocycles. The molecular weight excluding hydrogens is 228 g/mol. The Morgan fingerprint density at radius 2 is 2.17 bits per heavy atom. The van der Waals surface area contributed by atoms with E-state index in [1.807, 2.05) is 6.92 Å². The quantitative estimate of drug-likeness (QED) is 0.759. The second-order valence-electron chi connectivity index (χ2n) is 4.91. The van der Waals surface area contributed by atoms with Crippen LogP contribution in [0.25, 0.3) is 0 Å². The second-order valence-corrected chi connectivity index (χ2v) is 4.91. The molecule has 1 amide bonds. The first kappa shape index (κ1) is 11.3. The van der Waals surface area contributed by atoms with Gasteiger partial charge < -0.3 is 0 Å². The number of aryl methyl sites for hydroxylation is 1. The molecular formula is C13H16N4O. The van der Waals surface area contributed by atoms with E-state index in [1.165, 1.54) is 17.8 Å². The maximum Gasteiger partial charge on any atom is 0.257 e. The van der Waals surface area contributed by atoms with Crippen LogP contribution in [0.3, 0.4) is 0 Å². The maximum atomic E-state index is 12.4. The summed E-state index contributed by atoms with van der Waals surface area (Å²) < 4.78 is 0. The fourth-order valence-corrected chi connectivity index (χ4v) is 2.60. The standard InChI is InChI=1S/C13H16N4O/c1-9-7-12(15-8-14-9)17-13(18)10-5-3-2-4-6-11(10)16-17/h7-8,10H,2-6H2,1H3. The van der Waals surface area contributed by atoms with Crippen LogP contribution in [0.5, 0.6) is 0 Å². The fourth-order valence-electron chi connectivity index (χ4n) is 2.60. The number of nitrogens with zero attached hydrogens (tertiary/aromatic N) is 4. The lowest BCUT2D eigenvalue weighted by atomic mass is 9.98. The Hall–Kier alpha value is -1.78. The third-order valence-corrected chi connectivity index (χ3v) is 3.57. The van der Waals surface area contributed by atoms with Gasteiger partial charge in [0.1, 0.15) is 6.33 Å². The number of hydrogen-bond acceptors (Lipinski definition) is 4. The van der Waals surface area contributed by atoms with Crippen LogP contribution in [0, 0.1) is 12.8 Å². The van der Waals surface area contributed by atoms with Gasteiger partial charge in [-0.05, 0) is 26.2 Å². The van der Waals surface area contributed by atoms with E-state index in [2.05, 4.69) is 15.1 Å². The first-order valence-electron chi connectivity index (χ1n) is 6.46. The van der Waals surface area contributed by atoms with Gasteiger partial charge in [-0.2, -0.15) is 10.1 Å². The van der Waals surface area contributed by atoms with E-state index in [1.54, 1.807) is 6.07 Å². The molecule has 3 rings (SSSR count). The van der Waals surface area contributed by atoms with Crippen LogP contribution in [0.15, 0.2) is 17.5 Å². The minimum atomic E-state index is -0.0113. The summed E-state index contributed by atoms with van der Waals surface area (Å²) in [5.41, 5.74) is 1.88. The molecule has 1 unspecified atom stereocenters. The predicted molar refractivity (Wildman–Crippen MR) is 68.3 cm³/mol. The summed E-state index contributed by atoms with van der Waals surface area (Å²) in [6, 6.07) is 1.80. The van der Waals surface area contributed by atoms with E-state index in [4.69, 9.17) is 0 Å². The van der Waals surface area contributed by atoms with Gasteiger partial charge in [0, 0.05) is 11.8 Å². The minimum absolute atomic E-state index is 0.0113. The van der Waals surface area contributed by atoms with E-state index >= 15 is 0 Å². The Kier molecular flexibility index (Phi) is 2.81. The van der Waals surface area contributed by atoms with E-state index in [-0.39, 0.29) is 11.8 Å².